The van der Waals surface area contributed by atoms with Crippen molar-refractivity contribution in [3.05, 3.63) is 0 Å². The highest BCUT2D eigenvalue weighted by Gasteiger charge is 1.96. The second-order valence-corrected chi connectivity index (χ2v) is 6.41. The Balaban J connectivity index is -0.000000365. The molecule has 0 heterocycles. The number of aliphatic hydroxyl groups is 1. The predicted octanol–water partition coefficient (Wildman–Crippen LogP) is 3.73. The zero-order valence-electron chi connectivity index (χ0n) is 14.6. The van der Waals surface area contributed by atoms with Crippen LogP contribution in [-0.2, 0) is 15.2 Å². The zero-order valence-corrected chi connectivity index (χ0v) is 15.4. The van der Waals surface area contributed by atoms with Gasteiger partial charge in [0.25, 0.3) is 0 Å². The lowest BCUT2D eigenvalue weighted by Gasteiger charge is -2.00. The fourth-order valence-corrected chi connectivity index (χ4v) is 1.59. The van der Waals surface area contributed by atoms with Crippen LogP contribution in [0.5, 0.6) is 0 Å². The maximum atomic E-state index is 10.2. The molecule has 0 aromatic heterocycles. The fraction of sp³-hybridized carbons (Fsp3) is 0.933. The lowest BCUT2D eigenvalue weighted by Crippen LogP contribution is -1.93. The fourth-order valence-electron chi connectivity index (χ4n) is 1.59. The topological polar surface area (TPSA) is 132 Å². The van der Waals surface area contributed by atoms with Crippen LogP contribution in [0.3, 0.4) is 0 Å². The van der Waals surface area contributed by atoms with Gasteiger partial charge < -0.3 is 10.2 Å². The van der Waals surface area contributed by atoms with E-state index in [-0.39, 0.29) is 6.10 Å². The van der Waals surface area contributed by atoms with E-state index in [0.717, 1.165) is 12.8 Å². The highest BCUT2D eigenvalue weighted by molar-refractivity contribution is 7.79. The molecule has 23 heavy (non-hydrogen) atoms. The van der Waals surface area contributed by atoms with Crippen LogP contribution < -0.4 is 0 Å². The van der Waals surface area contributed by atoms with Gasteiger partial charge in [-0.15, -0.1) is 0 Å². The molecular weight excluding hydrogens is 324 g/mol. The van der Waals surface area contributed by atoms with Crippen molar-refractivity contribution in [2.45, 2.75) is 91.1 Å². The summed E-state index contributed by atoms with van der Waals surface area (Å²) in [5.41, 5.74) is 0. The highest BCUT2D eigenvalue weighted by atomic mass is 32.3. The summed E-state index contributed by atoms with van der Waals surface area (Å²) in [7, 11) is -4.67. The number of hydrogen-bond donors (Lipinski definition) is 4. The smallest absolute Gasteiger partial charge is 0.394 e. The van der Waals surface area contributed by atoms with Crippen LogP contribution in [0.4, 0.5) is 0 Å². The molecule has 0 saturated heterocycles. The summed E-state index contributed by atoms with van der Waals surface area (Å²) >= 11 is 0. The third-order valence-corrected chi connectivity index (χ3v) is 2.49. The molecule has 0 aliphatic rings. The largest absolute Gasteiger partial charge is 0.481 e. The Labute approximate surface area is 140 Å². The Bertz CT molecular complexity index is 329. The van der Waals surface area contributed by atoms with Crippen LogP contribution in [-0.4, -0.2) is 39.8 Å². The molecule has 0 atom stereocenters. The van der Waals surface area contributed by atoms with E-state index in [9.17, 15) is 4.79 Å². The van der Waals surface area contributed by atoms with Crippen LogP contribution in [0.25, 0.3) is 0 Å². The van der Waals surface area contributed by atoms with Gasteiger partial charge in [0.05, 0.1) is 0 Å². The minimum Gasteiger partial charge on any atom is -0.481 e. The van der Waals surface area contributed by atoms with E-state index in [1.54, 1.807) is 13.8 Å². The summed E-state index contributed by atoms with van der Waals surface area (Å²) in [6.07, 6.45) is 11.3. The predicted molar refractivity (Wildman–Crippen MR) is 91.0 cm³/mol. The number of carboxylic acid groups (broad SMARTS) is 1. The van der Waals surface area contributed by atoms with Crippen LogP contribution in [0.1, 0.15) is 85.0 Å². The molecule has 0 saturated carbocycles. The number of aliphatic hydroxyl groups excluding tert-OH is 1. The first-order valence-electron chi connectivity index (χ1n) is 8.10. The SMILES string of the molecule is CC(C)O.CCCCCCCCCCCC(=O)O.O=S(=O)(O)O. The molecule has 0 unspecified atom stereocenters. The summed E-state index contributed by atoms with van der Waals surface area (Å²) in [6, 6.07) is 0. The molecule has 0 aliphatic carbocycles. The summed E-state index contributed by atoms with van der Waals surface area (Å²) in [4.78, 5) is 10.2. The zero-order chi connectivity index (χ0) is 18.7. The Morgan fingerprint density at radius 1 is 0.870 bits per heavy atom. The Morgan fingerprint density at radius 3 is 1.39 bits per heavy atom. The molecule has 0 radical (unpaired) electrons. The normalized spacial score (nSPS) is 10.4. The van der Waals surface area contributed by atoms with Gasteiger partial charge in [-0.2, -0.15) is 8.42 Å². The van der Waals surface area contributed by atoms with Gasteiger partial charge >= 0.3 is 16.4 Å². The van der Waals surface area contributed by atoms with Gasteiger partial charge in [-0.1, -0.05) is 58.3 Å². The number of carboxylic acids is 1. The second kappa shape index (κ2) is 19.3. The third kappa shape index (κ3) is 74.8. The first-order chi connectivity index (χ1) is 10.5. The molecule has 0 aliphatic heterocycles. The lowest BCUT2D eigenvalue weighted by molar-refractivity contribution is -0.137. The molecule has 0 amide bonds. The van der Waals surface area contributed by atoms with Crippen molar-refractivity contribution in [1.29, 1.82) is 0 Å². The average molecular weight is 358 g/mol. The van der Waals surface area contributed by atoms with E-state index >= 15 is 0 Å². The van der Waals surface area contributed by atoms with E-state index in [2.05, 4.69) is 6.92 Å². The maximum Gasteiger partial charge on any atom is 0.394 e. The van der Waals surface area contributed by atoms with E-state index in [0.29, 0.717) is 6.42 Å². The molecule has 0 aromatic rings. The summed E-state index contributed by atoms with van der Waals surface area (Å²) in [5, 5.41) is 16.5. The molecule has 0 bridgehead atoms. The highest BCUT2D eigenvalue weighted by Crippen LogP contribution is 2.10. The van der Waals surface area contributed by atoms with Crippen LogP contribution >= 0.6 is 0 Å². The molecule has 0 fully saturated rings. The first kappa shape index (κ1) is 27.2. The average Bonchev–Trinajstić information content (AvgIpc) is 2.34. The Hall–Kier alpha value is -0.700. The molecule has 142 valence electrons. The summed E-state index contributed by atoms with van der Waals surface area (Å²) in [6.45, 7) is 5.67. The quantitative estimate of drug-likeness (QED) is 0.345. The van der Waals surface area contributed by atoms with E-state index < -0.39 is 16.4 Å². The van der Waals surface area contributed by atoms with Gasteiger partial charge in [-0.25, -0.2) is 0 Å². The number of hydrogen-bond acceptors (Lipinski definition) is 4. The number of aliphatic carboxylic acids is 1. The first-order valence-corrected chi connectivity index (χ1v) is 9.50. The molecule has 0 rings (SSSR count). The van der Waals surface area contributed by atoms with Crippen molar-refractivity contribution in [2.24, 2.45) is 0 Å². The minimum atomic E-state index is -4.67. The molecule has 7 nitrogen and oxygen atoms in total. The Morgan fingerprint density at radius 2 is 1.13 bits per heavy atom. The van der Waals surface area contributed by atoms with Crippen molar-refractivity contribution in [3.63, 3.8) is 0 Å². The van der Waals surface area contributed by atoms with Crippen molar-refractivity contribution in [2.75, 3.05) is 0 Å². The number of unbranched alkanes of at least 4 members (excludes halogenated alkanes) is 8. The summed E-state index contributed by atoms with van der Waals surface area (Å²) in [5.74, 6) is -0.659. The molecule has 4 N–H and O–H groups in total. The van der Waals surface area contributed by atoms with Crippen molar-refractivity contribution < 1.29 is 32.5 Å². The van der Waals surface area contributed by atoms with Crippen molar-refractivity contribution in [3.8, 4) is 0 Å². The maximum absolute atomic E-state index is 10.2. The molecule has 0 spiro atoms. The van der Waals surface area contributed by atoms with E-state index in [4.69, 9.17) is 27.7 Å². The third-order valence-electron chi connectivity index (χ3n) is 2.49. The van der Waals surface area contributed by atoms with Crippen LogP contribution in [0, 0.1) is 0 Å². The standard InChI is InChI=1S/C12H24O2.C3H8O.H2O4S/c1-2-3-4-5-6-7-8-9-10-11-12(13)14;1-3(2)4;1-5(2,3)4/h2-11H2,1H3,(H,13,14);3-4H,1-2H3;(H2,1,2,3,4). The van der Waals surface area contributed by atoms with Crippen molar-refractivity contribution >= 4 is 16.4 Å². The number of rotatable bonds is 10. The van der Waals surface area contributed by atoms with Gasteiger partial charge in [0.1, 0.15) is 0 Å². The lowest BCUT2D eigenvalue weighted by atomic mass is 10.1. The number of carbonyl (C=O) groups is 1. The molecular formula is C15H34O7S. The Kier molecular flexibility index (Phi) is 22.8. The minimum absolute atomic E-state index is 0.167. The molecule has 0 aromatic carbocycles. The van der Waals surface area contributed by atoms with E-state index in [1.807, 2.05) is 0 Å². The van der Waals surface area contributed by atoms with Crippen molar-refractivity contribution in [1.82, 2.24) is 0 Å². The van der Waals surface area contributed by atoms with Gasteiger partial charge in [-0.05, 0) is 20.3 Å². The van der Waals surface area contributed by atoms with Gasteiger partial charge in [0.2, 0.25) is 0 Å². The molecule has 8 heteroatoms. The van der Waals surface area contributed by atoms with Gasteiger partial charge in [0.15, 0.2) is 0 Å². The second-order valence-electron chi connectivity index (χ2n) is 5.51. The van der Waals surface area contributed by atoms with Crippen LogP contribution in [0.15, 0.2) is 0 Å². The van der Waals surface area contributed by atoms with Crippen LogP contribution in [0.2, 0.25) is 0 Å². The van der Waals surface area contributed by atoms with Gasteiger partial charge in [0, 0.05) is 12.5 Å². The monoisotopic (exact) mass is 358 g/mol. The summed E-state index contributed by atoms with van der Waals surface area (Å²) < 4.78 is 31.6. The van der Waals surface area contributed by atoms with Gasteiger partial charge in [-0.3, -0.25) is 13.9 Å². The van der Waals surface area contributed by atoms with E-state index in [1.165, 1.54) is 44.9 Å².